The molecule has 3 aromatic carbocycles. The summed E-state index contributed by atoms with van der Waals surface area (Å²) in [5.74, 6) is 0.545. The number of benzene rings is 3. The maximum atomic E-state index is 14.2. The van der Waals surface area contributed by atoms with Crippen LogP contribution in [0.5, 0.6) is 17.2 Å². The molecule has 6 rings (SSSR count). The van der Waals surface area contributed by atoms with Gasteiger partial charge in [0.05, 0.1) is 41.9 Å². The number of likely N-dealkylation sites (tertiary alicyclic amines) is 2. The van der Waals surface area contributed by atoms with Gasteiger partial charge in [0.25, 0.3) is 5.91 Å². The van der Waals surface area contributed by atoms with Crippen molar-refractivity contribution in [3.8, 4) is 17.2 Å². The van der Waals surface area contributed by atoms with Crippen LogP contribution in [0.1, 0.15) is 78.9 Å². The van der Waals surface area contributed by atoms with Gasteiger partial charge >= 0.3 is 5.97 Å². The Morgan fingerprint density at radius 2 is 1.67 bits per heavy atom. The van der Waals surface area contributed by atoms with Gasteiger partial charge in [0.1, 0.15) is 0 Å². The number of piperidine rings is 1. The first-order valence-electron chi connectivity index (χ1n) is 19.1. The number of ketones is 1. The van der Waals surface area contributed by atoms with Gasteiger partial charge in [0.15, 0.2) is 17.3 Å². The van der Waals surface area contributed by atoms with E-state index in [1.165, 1.54) is 14.2 Å². The Hall–Kier alpha value is -4.16. The van der Waals surface area contributed by atoms with Crippen molar-refractivity contribution in [1.82, 2.24) is 19.4 Å². The van der Waals surface area contributed by atoms with E-state index in [0.29, 0.717) is 66.5 Å². The van der Waals surface area contributed by atoms with Gasteiger partial charge in [-0.1, -0.05) is 48.3 Å². The second-order valence-electron chi connectivity index (χ2n) is 14.3. The highest BCUT2D eigenvalue weighted by Gasteiger charge is 2.42. The molecule has 2 aliphatic rings. The Morgan fingerprint density at radius 3 is 2.38 bits per heavy atom. The van der Waals surface area contributed by atoms with Crippen LogP contribution in [0.3, 0.4) is 0 Å². The highest BCUT2D eigenvalue weighted by molar-refractivity contribution is 6.42. The highest BCUT2D eigenvalue weighted by atomic mass is 35.5. The summed E-state index contributed by atoms with van der Waals surface area (Å²) in [4.78, 5) is 49.6. The minimum Gasteiger partial charge on any atom is -0.493 e. The molecule has 0 radical (unpaired) electrons. The summed E-state index contributed by atoms with van der Waals surface area (Å²) in [7, 11) is 2.94. The van der Waals surface area contributed by atoms with E-state index in [-0.39, 0.29) is 35.5 Å². The SMILES string of the molecule is CCCC(=O)Oc1cc(C(=O)N2CCC(CCN3CCC(C(=O)c4nc5ccccc5n4CCOCC)CC3)(c3ccc(Cl)c(Cl)c3)C2)cc(OC)c1OC. The first-order chi connectivity index (χ1) is 26.6. The van der Waals surface area contributed by atoms with Crippen LogP contribution in [0.25, 0.3) is 11.0 Å². The van der Waals surface area contributed by atoms with Gasteiger partial charge in [-0.15, -0.1) is 0 Å². The maximum Gasteiger partial charge on any atom is 0.311 e. The van der Waals surface area contributed by atoms with Crippen molar-refractivity contribution in [1.29, 1.82) is 0 Å². The molecule has 2 fully saturated rings. The molecule has 0 aliphatic carbocycles. The predicted octanol–water partition coefficient (Wildman–Crippen LogP) is 7.87. The lowest BCUT2D eigenvalue weighted by atomic mass is 9.76. The highest BCUT2D eigenvalue weighted by Crippen LogP contribution is 2.43. The lowest BCUT2D eigenvalue weighted by Crippen LogP contribution is -2.41. The van der Waals surface area contributed by atoms with Gasteiger partial charge in [0, 0.05) is 49.6 Å². The Labute approximate surface area is 332 Å². The third-order valence-electron chi connectivity index (χ3n) is 10.9. The average molecular weight is 794 g/mol. The number of rotatable bonds is 16. The van der Waals surface area contributed by atoms with Crippen molar-refractivity contribution in [3.05, 3.63) is 81.6 Å². The topological polar surface area (TPSA) is 112 Å². The molecule has 1 amide bonds. The molecule has 0 saturated carbocycles. The van der Waals surface area contributed by atoms with Gasteiger partial charge < -0.3 is 33.3 Å². The summed E-state index contributed by atoms with van der Waals surface area (Å²) in [6.07, 6.45) is 3.82. The van der Waals surface area contributed by atoms with E-state index in [1.54, 1.807) is 12.1 Å². The van der Waals surface area contributed by atoms with Gasteiger partial charge in [-0.05, 0) is 101 Å². The molecule has 0 bridgehead atoms. The number of carbonyl (C=O) groups excluding carboxylic acids is 3. The van der Waals surface area contributed by atoms with Crippen LogP contribution in [0.15, 0.2) is 54.6 Å². The van der Waals surface area contributed by atoms with Crippen molar-refractivity contribution < 1.29 is 33.3 Å². The van der Waals surface area contributed by atoms with Crippen LogP contribution >= 0.6 is 23.2 Å². The van der Waals surface area contributed by atoms with E-state index in [9.17, 15) is 14.4 Å². The number of para-hydroxylation sites is 2. The molecule has 11 nitrogen and oxygen atoms in total. The monoisotopic (exact) mass is 792 g/mol. The molecule has 4 aromatic rings. The van der Waals surface area contributed by atoms with Crippen LogP contribution < -0.4 is 14.2 Å². The summed E-state index contributed by atoms with van der Waals surface area (Å²) in [6.45, 7) is 8.87. The summed E-state index contributed by atoms with van der Waals surface area (Å²) < 4.78 is 24.3. The van der Waals surface area contributed by atoms with E-state index in [0.717, 1.165) is 61.9 Å². The van der Waals surface area contributed by atoms with Crippen LogP contribution in [0, 0.1) is 5.92 Å². The molecule has 55 heavy (non-hydrogen) atoms. The molecular weight excluding hydrogens is 743 g/mol. The minimum absolute atomic E-state index is 0.0861. The van der Waals surface area contributed by atoms with Gasteiger partial charge in [0.2, 0.25) is 11.5 Å². The van der Waals surface area contributed by atoms with Crippen molar-refractivity contribution in [3.63, 3.8) is 0 Å². The predicted molar refractivity (Wildman–Crippen MR) is 213 cm³/mol. The molecule has 0 spiro atoms. The van der Waals surface area contributed by atoms with Crippen molar-refractivity contribution in [2.45, 2.75) is 64.3 Å². The van der Waals surface area contributed by atoms with Crippen LogP contribution in [-0.4, -0.2) is 97.2 Å². The molecule has 294 valence electrons. The molecule has 0 N–H and O–H groups in total. The van der Waals surface area contributed by atoms with E-state index in [2.05, 4.69) is 4.90 Å². The molecule has 2 aliphatic heterocycles. The average Bonchev–Trinajstić information content (AvgIpc) is 3.80. The number of esters is 1. The molecular formula is C42H50Cl2N4O7. The molecule has 1 atom stereocenters. The van der Waals surface area contributed by atoms with Crippen molar-refractivity contribution >= 4 is 51.9 Å². The number of imidazole rings is 1. The minimum atomic E-state index is -0.419. The standard InChI is InChI=1S/C42H50Cl2N4O7/c1-5-9-37(49)55-36-25-29(24-35(52-3)39(36)53-4)41(51)47-21-17-42(27-47,30-12-13-31(43)32(44)26-30)16-20-46-18-14-28(15-19-46)38(50)40-45-33-10-7-8-11-34(33)48(40)22-23-54-6-2/h7-8,10-13,24-26,28H,5-6,9,14-23,27H2,1-4H3. The Kier molecular flexibility index (Phi) is 13.4. The quantitative estimate of drug-likeness (QED) is 0.0484. The summed E-state index contributed by atoms with van der Waals surface area (Å²) >= 11 is 12.9. The second-order valence-corrected chi connectivity index (χ2v) is 15.1. The number of Topliss-reactive ketones (excluding diaryl/α,β-unsaturated/α-hetero) is 1. The normalized spacial score (nSPS) is 17.8. The smallest absolute Gasteiger partial charge is 0.311 e. The fraction of sp³-hybridized carbons (Fsp3) is 0.476. The van der Waals surface area contributed by atoms with Gasteiger partial charge in [-0.3, -0.25) is 14.4 Å². The fourth-order valence-electron chi connectivity index (χ4n) is 7.91. The number of amides is 1. The Bertz CT molecular complexity index is 2010. The number of methoxy groups -OCH3 is 2. The number of halogens is 2. The lowest BCUT2D eigenvalue weighted by Gasteiger charge is -2.36. The van der Waals surface area contributed by atoms with Crippen LogP contribution in [-0.2, 0) is 21.5 Å². The van der Waals surface area contributed by atoms with Gasteiger partial charge in [-0.2, -0.15) is 0 Å². The maximum absolute atomic E-state index is 14.2. The fourth-order valence-corrected chi connectivity index (χ4v) is 8.21. The lowest BCUT2D eigenvalue weighted by molar-refractivity contribution is -0.134. The number of aromatic nitrogens is 2. The van der Waals surface area contributed by atoms with E-state index in [1.807, 2.05) is 65.8 Å². The molecule has 2 saturated heterocycles. The number of ether oxygens (including phenoxy) is 4. The van der Waals surface area contributed by atoms with E-state index in [4.69, 9.17) is 47.1 Å². The number of carbonyl (C=O) groups is 3. The third kappa shape index (κ3) is 8.96. The number of fused-ring (bicyclic) bond motifs is 1. The second kappa shape index (κ2) is 18.2. The third-order valence-corrected chi connectivity index (χ3v) is 11.7. The van der Waals surface area contributed by atoms with Crippen molar-refractivity contribution in [2.75, 3.05) is 60.2 Å². The van der Waals surface area contributed by atoms with E-state index < -0.39 is 11.4 Å². The van der Waals surface area contributed by atoms with Crippen LogP contribution in [0.2, 0.25) is 10.0 Å². The Balaban J connectivity index is 1.17. The number of nitrogens with zero attached hydrogens (tertiary/aromatic N) is 4. The zero-order valence-electron chi connectivity index (χ0n) is 32.1. The first-order valence-corrected chi connectivity index (χ1v) is 19.9. The molecule has 1 aromatic heterocycles. The first kappa shape index (κ1) is 40.5. The van der Waals surface area contributed by atoms with Crippen molar-refractivity contribution in [2.24, 2.45) is 5.92 Å². The van der Waals surface area contributed by atoms with E-state index >= 15 is 0 Å². The number of hydrogen-bond acceptors (Lipinski definition) is 9. The largest absolute Gasteiger partial charge is 0.493 e. The molecule has 3 heterocycles. The van der Waals surface area contributed by atoms with Crippen LogP contribution in [0.4, 0.5) is 0 Å². The molecule has 1 unspecified atom stereocenters. The number of hydrogen-bond donors (Lipinski definition) is 0. The zero-order chi connectivity index (χ0) is 39.1. The summed E-state index contributed by atoms with van der Waals surface area (Å²) in [5, 5.41) is 0.938. The summed E-state index contributed by atoms with van der Waals surface area (Å²) in [6, 6.07) is 16.8. The Morgan fingerprint density at radius 1 is 0.909 bits per heavy atom. The zero-order valence-corrected chi connectivity index (χ0v) is 33.6. The molecule has 13 heteroatoms. The van der Waals surface area contributed by atoms with Gasteiger partial charge in [-0.25, -0.2) is 4.98 Å². The summed E-state index contributed by atoms with van der Waals surface area (Å²) in [5.41, 5.74) is 2.73.